The zero-order valence-corrected chi connectivity index (χ0v) is 9.76. The Hall–Kier alpha value is -0.0151. The van der Waals surface area contributed by atoms with Gasteiger partial charge in [-0.25, -0.2) is 0 Å². The lowest BCUT2D eigenvalue weighted by Gasteiger charge is -2.43. The van der Waals surface area contributed by atoms with Crippen LogP contribution in [0.5, 0.6) is 0 Å². The van der Waals surface area contributed by atoms with Gasteiger partial charge in [-0.3, -0.25) is 0 Å². The minimum atomic E-state index is -0.192. The Labute approximate surface area is 93.1 Å². The van der Waals surface area contributed by atoms with Crippen molar-refractivity contribution in [3.8, 4) is 0 Å². The molecule has 3 fully saturated rings. The van der Waals surface area contributed by atoms with Gasteiger partial charge < -0.3 is 9.39 Å². The Kier molecular flexibility index (Phi) is 2.37. The smallest absolute Gasteiger partial charge is 0.261 e. The normalized spacial score (nSPS) is 46.1. The molecule has 0 bridgehead atoms. The van der Waals surface area contributed by atoms with Gasteiger partial charge in [0.05, 0.1) is 6.61 Å². The Balaban J connectivity index is 1.93. The van der Waals surface area contributed by atoms with Crippen LogP contribution in [0.3, 0.4) is 0 Å². The molecule has 1 aliphatic heterocycles. The highest BCUT2D eigenvalue weighted by Gasteiger charge is 2.62. The molecule has 3 heteroatoms. The van der Waals surface area contributed by atoms with E-state index in [2.05, 4.69) is 0 Å². The van der Waals surface area contributed by atoms with Gasteiger partial charge in [0.1, 0.15) is 0 Å². The van der Waals surface area contributed by atoms with Gasteiger partial charge in [-0.1, -0.05) is 12.8 Å². The molecule has 2 nitrogen and oxygen atoms in total. The molecular formula is C12H21BO2. The van der Waals surface area contributed by atoms with E-state index in [-0.39, 0.29) is 5.79 Å². The van der Waals surface area contributed by atoms with E-state index < -0.39 is 0 Å². The van der Waals surface area contributed by atoms with Crippen molar-refractivity contribution in [2.24, 2.45) is 11.3 Å². The maximum absolute atomic E-state index is 6.01. The summed E-state index contributed by atoms with van der Waals surface area (Å²) in [6, 6.07) is 0. The first-order valence-corrected chi connectivity index (χ1v) is 6.52. The second-order valence-electron chi connectivity index (χ2n) is 5.55. The highest BCUT2D eigenvalue weighted by Crippen LogP contribution is 2.62. The van der Waals surface area contributed by atoms with Crippen LogP contribution in [0.1, 0.15) is 51.4 Å². The van der Waals surface area contributed by atoms with Crippen LogP contribution in [0, 0.1) is 11.3 Å². The van der Waals surface area contributed by atoms with Crippen LogP contribution >= 0.6 is 0 Å². The van der Waals surface area contributed by atoms with Gasteiger partial charge in [-0.15, -0.1) is 0 Å². The fourth-order valence-corrected chi connectivity index (χ4v) is 4.57. The lowest BCUT2D eigenvalue weighted by atomic mass is 9.68. The maximum Gasteiger partial charge on any atom is 0.261 e. The van der Waals surface area contributed by atoms with E-state index in [0.29, 0.717) is 5.41 Å². The minimum absolute atomic E-state index is 0.192. The quantitative estimate of drug-likeness (QED) is 0.646. The molecule has 1 heterocycles. The second kappa shape index (κ2) is 3.49. The number of rotatable bonds is 2. The molecule has 3 rings (SSSR count). The fraction of sp³-hybridized carbons (Fsp3) is 1.00. The third kappa shape index (κ3) is 1.20. The van der Waals surface area contributed by atoms with Gasteiger partial charge in [-0.2, -0.15) is 0 Å². The number of fused-ring (bicyclic) bond motifs is 1. The van der Waals surface area contributed by atoms with Crippen molar-refractivity contribution in [1.82, 2.24) is 0 Å². The highest BCUT2D eigenvalue weighted by molar-refractivity contribution is 5.98. The average molecular weight is 208 g/mol. The molecule has 2 unspecified atom stereocenters. The Morgan fingerprint density at radius 1 is 1.07 bits per heavy atom. The van der Waals surface area contributed by atoms with Crippen molar-refractivity contribution in [3.63, 3.8) is 0 Å². The molecule has 0 aromatic heterocycles. The summed E-state index contributed by atoms with van der Waals surface area (Å²) in [7, 11) is 1.85. The summed E-state index contributed by atoms with van der Waals surface area (Å²) in [6.45, 7) is 0.921. The summed E-state index contributed by atoms with van der Waals surface area (Å²) in [4.78, 5) is 0. The summed E-state index contributed by atoms with van der Waals surface area (Å²) >= 11 is 0. The topological polar surface area (TPSA) is 18.5 Å². The van der Waals surface area contributed by atoms with E-state index in [1.54, 1.807) is 0 Å². The van der Waals surface area contributed by atoms with Gasteiger partial charge in [0.25, 0.3) is 8.05 Å². The zero-order valence-electron chi connectivity index (χ0n) is 9.76. The summed E-state index contributed by atoms with van der Waals surface area (Å²) in [5, 5.41) is 0. The van der Waals surface area contributed by atoms with E-state index in [4.69, 9.17) is 9.39 Å². The molecule has 0 N–H and O–H groups in total. The standard InChI is InChI=1S/C12H21BO2/c13-15-12-7-3-6-11(12,8-9-14-12)10-4-1-2-5-10/h10H,1-9,13H2. The van der Waals surface area contributed by atoms with Crippen LogP contribution in [0.15, 0.2) is 0 Å². The molecule has 0 amide bonds. The average Bonchev–Trinajstić information content (AvgIpc) is 2.91. The third-order valence-corrected chi connectivity index (χ3v) is 5.24. The zero-order chi connectivity index (χ0) is 10.4. The largest absolute Gasteiger partial charge is 0.418 e. The predicted molar refractivity (Wildman–Crippen MR) is 61.2 cm³/mol. The molecule has 84 valence electrons. The van der Waals surface area contributed by atoms with Crippen molar-refractivity contribution in [3.05, 3.63) is 0 Å². The Morgan fingerprint density at radius 3 is 2.60 bits per heavy atom. The third-order valence-electron chi connectivity index (χ3n) is 5.24. The first-order chi connectivity index (χ1) is 7.33. The first-order valence-electron chi connectivity index (χ1n) is 6.52. The van der Waals surface area contributed by atoms with E-state index in [0.717, 1.165) is 18.9 Å². The molecule has 2 atom stereocenters. The minimum Gasteiger partial charge on any atom is -0.418 e. The van der Waals surface area contributed by atoms with Crippen molar-refractivity contribution < 1.29 is 9.39 Å². The number of hydrogen-bond donors (Lipinski definition) is 0. The molecule has 0 spiro atoms. The maximum atomic E-state index is 6.01. The summed E-state index contributed by atoms with van der Waals surface area (Å²) in [5.41, 5.74) is 0.387. The van der Waals surface area contributed by atoms with Crippen molar-refractivity contribution in [1.29, 1.82) is 0 Å². The van der Waals surface area contributed by atoms with Crippen molar-refractivity contribution in [2.45, 2.75) is 57.2 Å². The van der Waals surface area contributed by atoms with Crippen LogP contribution in [0.2, 0.25) is 0 Å². The van der Waals surface area contributed by atoms with E-state index in [1.807, 2.05) is 8.05 Å². The van der Waals surface area contributed by atoms with E-state index in [9.17, 15) is 0 Å². The van der Waals surface area contributed by atoms with Gasteiger partial charge in [0, 0.05) is 11.8 Å². The molecule has 0 radical (unpaired) electrons. The summed E-state index contributed by atoms with van der Waals surface area (Å²) in [6.07, 6.45) is 10.7. The molecule has 1 saturated heterocycles. The Bertz CT molecular complexity index is 238. The lowest BCUT2D eigenvalue weighted by molar-refractivity contribution is -0.203. The van der Waals surface area contributed by atoms with Crippen LogP contribution in [-0.2, 0) is 9.39 Å². The van der Waals surface area contributed by atoms with Crippen molar-refractivity contribution in [2.75, 3.05) is 6.61 Å². The predicted octanol–water partition coefficient (Wildman–Crippen LogP) is 2.03. The van der Waals surface area contributed by atoms with Crippen LogP contribution in [0.4, 0.5) is 0 Å². The molecule has 2 aliphatic carbocycles. The second-order valence-corrected chi connectivity index (χ2v) is 5.55. The molecular weight excluding hydrogens is 187 g/mol. The van der Waals surface area contributed by atoms with Gasteiger partial charge >= 0.3 is 0 Å². The van der Waals surface area contributed by atoms with Gasteiger partial charge in [0.2, 0.25) is 0 Å². The van der Waals surface area contributed by atoms with E-state index >= 15 is 0 Å². The number of hydrogen-bond acceptors (Lipinski definition) is 2. The monoisotopic (exact) mass is 208 g/mol. The first kappa shape index (κ1) is 10.2. The fourth-order valence-electron chi connectivity index (χ4n) is 4.57. The molecule has 3 aliphatic rings. The Morgan fingerprint density at radius 2 is 1.87 bits per heavy atom. The highest BCUT2D eigenvalue weighted by atomic mass is 16.7. The van der Waals surface area contributed by atoms with Crippen molar-refractivity contribution >= 4 is 8.05 Å². The van der Waals surface area contributed by atoms with Crippen LogP contribution in [-0.4, -0.2) is 20.4 Å². The van der Waals surface area contributed by atoms with Gasteiger partial charge in [0.15, 0.2) is 5.79 Å². The van der Waals surface area contributed by atoms with Crippen LogP contribution < -0.4 is 0 Å². The SMILES string of the molecule is BOC12CCCC1(C1CCCC1)CCO2. The van der Waals surface area contributed by atoms with Crippen LogP contribution in [0.25, 0.3) is 0 Å². The molecule has 0 aromatic carbocycles. The lowest BCUT2D eigenvalue weighted by Crippen LogP contribution is -2.46. The molecule has 2 saturated carbocycles. The summed E-state index contributed by atoms with van der Waals surface area (Å²) < 4.78 is 11.8. The summed E-state index contributed by atoms with van der Waals surface area (Å²) in [5.74, 6) is 0.685. The molecule has 15 heavy (non-hydrogen) atoms. The van der Waals surface area contributed by atoms with Gasteiger partial charge in [-0.05, 0) is 38.0 Å². The number of ether oxygens (including phenoxy) is 1. The molecule has 0 aromatic rings. The van der Waals surface area contributed by atoms with E-state index in [1.165, 1.54) is 44.9 Å².